The predicted octanol–water partition coefficient (Wildman–Crippen LogP) is 3.29. The molecule has 0 saturated heterocycles. The number of carbonyl (C=O) groups excluding carboxylic acids is 2. The average molecular weight is 284 g/mol. The molecule has 0 aromatic rings. The van der Waals surface area contributed by atoms with Gasteiger partial charge in [-0.05, 0) is 19.3 Å². The minimum atomic E-state index is -0.208. The van der Waals surface area contributed by atoms with Crippen LogP contribution in [0, 0.1) is 0 Å². The maximum atomic E-state index is 11.5. The Morgan fingerprint density at radius 3 is 1.95 bits per heavy atom. The molecule has 0 spiro atoms. The summed E-state index contributed by atoms with van der Waals surface area (Å²) in [5.74, 6) is -0.0177. The molecule has 3 N–H and O–H groups in total. The Kier molecular flexibility index (Phi) is 13.6. The lowest BCUT2D eigenvalue weighted by Crippen LogP contribution is -2.23. The lowest BCUT2D eigenvalue weighted by molar-refractivity contribution is -0.121. The van der Waals surface area contributed by atoms with E-state index in [9.17, 15) is 9.59 Å². The van der Waals surface area contributed by atoms with Gasteiger partial charge in [-0.25, -0.2) is 0 Å². The molecule has 20 heavy (non-hydrogen) atoms. The molecular weight excluding hydrogens is 252 g/mol. The van der Waals surface area contributed by atoms with E-state index < -0.39 is 0 Å². The van der Waals surface area contributed by atoms with Gasteiger partial charge in [0.2, 0.25) is 11.8 Å². The van der Waals surface area contributed by atoms with Gasteiger partial charge in [0, 0.05) is 19.4 Å². The summed E-state index contributed by atoms with van der Waals surface area (Å²) in [6.45, 7) is 3.01. The van der Waals surface area contributed by atoms with Crippen LogP contribution >= 0.6 is 0 Å². The minimum Gasteiger partial charge on any atom is -0.370 e. The van der Waals surface area contributed by atoms with E-state index in [0.29, 0.717) is 12.8 Å². The molecule has 0 heterocycles. The number of carbonyl (C=O) groups is 2. The van der Waals surface area contributed by atoms with Crippen LogP contribution in [0.2, 0.25) is 0 Å². The first-order chi connectivity index (χ1) is 9.66. The minimum absolute atomic E-state index is 0.190. The Morgan fingerprint density at radius 2 is 1.35 bits per heavy atom. The number of unbranched alkanes of at least 4 members (excludes halogenated alkanes) is 8. The van der Waals surface area contributed by atoms with Crippen LogP contribution in [-0.4, -0.2) is 18.4 Å². The van der Waals surface area contributed by atoms with Gasteiger partial charge in [0.25, 0.3) is 0 Å². The Morgan fingerprint density at radius 1 is 0.800 bits per heavy atom. The molecule has 2 amide bonds. The number of hydrogen-bond donors (Lipinski definition) is 2. The van der Waals surface area contributed by atoms with Gasteiger partial charge >= 0.3 is 0 Å². The van der Waals surface area contributed by atoms with Gasteiger partial charge in [-0.3, -0.25) is 9.59 Å². The second-order valence-electron chi connectivity index (χ2n) is 5.50. The van der Waals surface area contributed by atoms with Crippen molar-refractivity contribution < 1.29 is 9.59 Å². The third-order valence-corrected chi connectivity index (χ3v) is 3.43. The summed E-state index contributed by atoms with van der Waals surface area (Å²) in [6.07, 6.45) is 12.2. The van der Waals surface area contributed by atoms with Gasteiger partial charge in [0.1, 0.15) is 0 Å². The van der Waals surface area contributed by atoms with Gasteiger partial charge in [-0.15, -0.1) is 0 Å². The molecule has 4 nitrogen and oxygen atoms in total. The fourth-order valence-corrected chi connectivity index (χ4v) is 2.16. The van der Waals surface area contributed by atoms with Crippen molar-refractivity contribution in [1.29, 1.82) is 0 Å². The highest BCUT2D eigenvalue weighted by molar-refractivity contribution is 5.75. The molecule has 0 aliphatic heterocycles. The van der Waals surface area contributed by atoms with Crippen LogP contribution < -0.4 is 11.1 Å². The standard InChI is InChI=1S/C16H32N2O2/c1-2-3-4-11-14-18-16(20)13-10-8-6-5-7-9-12-15(17)19/h2-14H2,1H3,(H2,17,19)(H,18,20). The Bertz CT molecular complexity index is 255. The van der Waals surface area contributed by atoms with E-state index in [1.165, 1.54) is 19.3 Å². The molecular formula is C16H32N2O2. The lowest BCUT2D eigenvalue weighted by atomic mass is 10.1. The fraction of sp³-hybridized carbons (Fsp3) is 0.875. The summed E-state index contributed by atoms with van der Waals surface area (Å²) in [5.41, 5.74) is 5.07. The average Bonchev–Trinajstić information content (AvgIpc) is 2.41. The monoisotopic (exact) mass is 284 g/mol. The molecule has 0 aromatic carbocycles. The third kappa shape index (κ3) is 15.0. The molecule has 0 atom stereocenters. The topological polar surface area (TPSA) is 72.2 Å². The van der Waals surface area contributed by atoms with Crippen molar-refractivity contribution in [3.8, 4) is 0 Å². The first-order valence-electron chi connectivity index (χ1n) is 8.21. The van der Waals surface area contributed by atoms with E-state index in [1.54, 1.807) is 0 Å². The largest absolute Gasteiger partial charge is 0.370 e. The van der Waals surface area contributed by atoms with Crippen LogP contribution in [0.3, 0.4) is 0 Å². The second-order valence-corrected chi connectivity index (χ2v) is 5.50. The summed E-state index contributed by atoms with van der Waals surface area (Å²) >= 11 is 0. The van der Waals surface area contributed by atoms with E-state index in [-0.39, 0.29) is 11.8 Å². The normalized spacial score (nSPS) is 10.4. The maximum absolute atomic E-state index is 11.5. The zero-order valence-corrected chi connectivity index (χ0v) is 13.1. The maximum Gasteiger partial charge on any atom is 0.219 e. The van der Waals surface area contributed by atoms with E-state index in [2.05, 4.69) is 12.2 Å². The zero-order valence-electron chi connectivity index (χ0n) is 13.1. The van der Waals surface area contributed by atoms with Gasteiger partial charge < -0.3 is 11.1 Å². The van der Waals surface area contributed by atoms with Crippen molar-refractivity contribution in [2.24, 2.45) is 5.73 Å². The first-order valence-corrected chi connectivity index (χ1v) is 8.21. The van der Waals surface area contributed by atoms with Gasteiger partial charge in [-0.2, -0.15) is 0 Å². The van der Waals surface area contributed by atoms with Crippen LogP contribution in [0.1, 0.15) is 84.0 Å². The Balaban J connectivity index is 3.17. The van der Waals surface area contributed by atoms with Crippen molar-refractivity contribution >= 4 is 11.8 Å². The number of rotatable bonds is 14. The molecule has 0 fully saturated rings. The summed E-state index contributed by atoms with van der Waals surface area (Å²) < 4.78 is 0. The van der Waals surface area contributed by atoms with Crippen molar-refractivity contribution in [3.05, 3.63) is 0 Å². The van der Waals surface area contributed by atoms with Crippen LogP contribution in [0.25, 0.3) is 0 Å². The summed E-state index contributed by atoms with van der Waals surface area (Å²) in [5, 5.41) is 2.97. The molecule has 4 heteroatoms. The molecule has 0 aliphatic carbocycles. The van der Waals surface area contributed by atoms with Gasteiger partial charge in [-0.1, -0.05) is 51.9 Å². The van der Waals surface area contributed by atoms with Crippen molar-refractivity contribution in [3.63, 3.8) is 0 Å². The van der Waals surface area contributed by atoms with Crippen molar-refractivity contribution in [2.45, 2.75) is 84.0 Å². The highest BCUT2D eigenvalue weighted by atomic mass is 16.1. The third-order valence-electron chi connectivity index (χ3n) is 3.43. The summed E-state index contributed by atoms with van der Waals surface area (Å²) in [4.78, 5) is 22.1. The molecule has 0 unspecified atom stereocenters. The van der Waals surface area contributed by atoms with Gasteiger partial charge in [0.05, 0.1) is 0 Å². The fourth-order valence-electron chi connectivity index (χ4n) is 2.16. The highest BCUT2D eigenvalue weighted by Gasteiger charge is 2.00. The summed E-state index contributed by atoms with van der Waals surface area (Å²) in [7, 11) is 0. The quantitative estimate of drug-likeness (QED) is 0.480. The van der Waals surface area contributed by atoms with E-state index >= 15 is 0 Å². The number of nitrogens with one attached hydrogen (secondary N) is 1. The molecule has 0 saturated carbocycles. The molecule has 0 bridgehead atoms. The van der Waals surface area contributed by atoms with Crippen LogP contribution in [0.15, 0.2) is 0 Å². The first kappa shape index (κ1) is 18.9. The van der Waals surface area contributed by atoms with Gasteiger partial charge in [0.15, 0.2) is 0 Å². The number of nitrogens with two attached hydrogens (primary N) is 1. The Hall–Kier alpha value is -1.06. The van der Waals surface area contributed by atoms with Crippen molar-refractivity contribution in [2.75, 3.05) is 6.54 Å². The molecule has 0 aromatic heterocycles. The second kappa shape index (κ2) is 14.4. The van der Waals surface area contributed by atoms with E-state index in [4.69, 9.17) is 5.73 Å². The molecule has 0 radical (unpaired) electrons. The van der Waals surface area contributed by atoms with Crippen LogP contribution in [0.5, 0.6) is 0 Å². The van der Waals surface area contributed by atoms with E-state index in [1.807, 2.05) is 0 Å². The Labute approximate surface area is 123 Å². The lowest BCUT2D eigenvalue weighted by Gasteiger charge is -2.05. The smallest absolute Gasteiger partial charge is 0.219 e. The zero-order chi connectivity index (χ0) is 15.1. The van der Waals surface area contributed by atoms with Crippen molar-refractivity contribution in [1.82, 2.24) is 5.32 Å². The molecule has 0 rings (SSSR count). The van der Waals surface area contributed by atoms with E-state index in [0.717, 1.165) is 51.5 Å². The predicted molar refractivity (Wildman–Crippen MR) is 83.3 cm³/mol. The SMILES string of the molecule is CCCCCCNC(=O)CCCCCCCCC(N)=O. The molecule has 118 valence electrons. The summed E-state index contributed by atoms with van der Waals surface area (Å²) in [6, 6.07) is 0. The number of hydrogen-bond acceptors (Lipinski definition) is 2. The number of primary amides is 1. The molecule has 0 aliphatic rings. The number of amides is 2. The highest BCUT2D eigenvalue weighted by Crippen LogP contribution is 2.08. The van der Waals surface area contributed by atoms with Crippen LogP contribution in [0.4, 0.5) is 0 Å². The van der Waals surface area contributed by atoms with Crippen LogP contribution in [-0.2, 0) is 9.59 Å².